The molecule has 1 heterocycles. The summed E-state index contributed by atoms with van der Waals surface area (Å²) in [5.74, 6) is 0.728. The van der Waals surface area contributed by atoms with Crippen molar-refractivity contribution >= 4 is 0 Å². The monoisotopic (exact) mass is 157 g/mol. The Labute approximate surface area is 69.1 Å². The smallest absolute Gasteiger partial charge is 0.0288 e. The molecule has 0 aliphatic carbocycles. The largest absolute Gasteiger partial charge is 0.311 e. The third kappa shape index (κ3) is 2.43. The van der Waals surface area contributed by atoms with Crippen LogP contribution in [-0.4, -0.2) is 37.7 Å². The minimum Gasteiger partial charge on any atom is -0.311 e. The van der Waals surface area contributed by atoms with E-state index in [1.165, 1.54) is 0 Å². The fourth-order valence-corrected chi connectivity index (χ4v) is 1.43. The van der Waals surface area contributed by atoms with Crippen LogP contribution < -0.4 is 10.7 Å². The molecular formula is C8H19N3. The topological polar surface area (TPSA) is 27.3 Å². The van der Waals surface area contributed by atoms with Crippen molar-refractivity contribution in [2.24, 2.45) is 5.92 Å². The van der Waals surface area contributed by atoms with Gasteiger partial charge in [0, 0.05) is 25.7 Å². The van der Waals surface area contributed by atoms with E-state index < -0.39 is 0 Å². The highest BCUT2D eigenvalue weighted by atomic mass is 15.5. The van der Waals surface area contributed by atoms with Crippen molar-refractivity contribution in [1.82, 2.24) is 15.8 Å². The lowest BCUT2D eigenvalue weighted by molar-refractivity contribution is 0.131. The van der Waals surface area contributed by atoms with Gasteiger partial charge in [0.2, 0.25) is 0 Å². The summed E-state index contributed by atoms with van der Waals surface area (Å²) < 4.78 is 0. The first-order chi connectivity index (χ1) is 5.24. The Morgan fingerprint density at radius 1 is 1.55 bits per heavy atom. The molecule has 1 aliphatic heterocycles. The maximum atomic E-state index is 3.50. The standard InChI is InChI=1S/C8H19N3/c1-7(2)8-6-11(9-3)5-4-10-8/h7-10H,4-6H2,1-3H3/t8-/m1/s1. The summed E-state index contributed by atoms with van der Waals surface area (Å²) in [4.78, 5) is 0. The zero-order chi connectivity index (χ0) is 8.27. The summed E-state index contributed by atoms with van der Waals surface area (Å²) in [7, 11) is 1.99. The molecule has 3 nitrogen and oxygen atoms in total. The molecule has 0 aromatic rings. The van der Waals surface area contributed by atoms with Crippen LogP contribution in [0.2, 0.25) is 0 Å². The van der Waals surface area contributed by atoms with E-state index in [0.717, 1.165) is 25.6 Å². The van der Waals surface area contributed by atoms with Crippen molar-refractivity contribution in [3.63, 3.8) is 0 Å². The van der Waals surface area contributed by atoms with Crippen molar-refractivity contribution in [1.29, 1.82) is 0 Å². The lowest BCUT2D eigenvalue weighted by Crippen LogP contribution is -2.56. The summed E-state index contributed by atoms with van der Waals surface area (Å²) in [5.41, 5.74) is 3.18. The third-order valence-electron chi connectivity index (χ3n) is 2.33. The number of hydrogen-bond donors (Lipinski definition) is 2. The molecule has 0 saturated carbocycles. The van der Waals surface area contributed by atoms with Gasteiger partial charge in [-0.15, -0.1) is 0 Å². The fourth-order valence-electron chi connectivity index (χ4n) is 1.43. The lowest BCUT2D eigenvalue weighted by atomic mass is 10.0. The van der Waals surface area contributed by atoms with Crippen LogP contribution in [0.5, 0.6) is 0 Å². The van der Waals surface area contributed by atoms with Crippen molar-refractivity contribution in [3.05, 3.63) is 0 Å². The molecule has 2 N–H and O–H groups in total. The van der Waals surface area contributed by atoms with Gasteiger partial charge in [-0.2, -0.15) is 0 Å². The molecule has 1 aliphatic rings. The maximum absolute atomic E-state index is 3.50. The molecule has 66 valence electrons. The van der Waals surface area contributed by atoms with E-state index in [1.807, 2.05) is 7.05 Å². The molecule has 0 unspecified atom stereocenters. The minimum atomic E-state index is 0.649. The van der Waals surface area contributed by atoms with Crippen molar-refractivity contribution in [2.75, 3.05) is 26.7 Å². The number of hydrogen-bond acceptors (Lipinski definition) is 3. The van der Waals surface area contributed by atoms with E-state index in [9.17, 15) is 0 Å². The molecule has 3 heteroatoms. The molecule has 1 fully saturated rings. The van der Waals surface area contributed by atoms with E-state index in [1.54, 1.807) is 0 Å². The van der Waals surface area contributed by atoms with Crippen LogP contribution in [0.3, 0.4) is 0 Å². The first-order valence-corrected chi connectivity index (χ1v) is 4.39. The minimum absolute atomic E-state index is 0.649. The second kappa shape index (κ2) is 4.04. The second-order valence-electron chi connectivity index (χ2n) is 3.47. The maximum Gasteiger partial charge on any atom is 0.0288 e. The van der Waals surface area contributed by atoms with Crippen LogP contribution in [0.25, 0.3) is 0 Å². The van der Waals surface area contributed by atoms with Crippen LogP contribution in [0.15, 0.2) is 0 Å². The van der Waals surface area contributed by atoms with Gasteiger partial charge in [-0.1, -0.05) is 13.8 Å². The van der Waals surface area contributed by atoms with Crippen molar-refractivity contribution < 1.29 is 0 Å². The van der Waals surface area contributed by atoms with Crippen LogP contribution >= 0.6 is 0 Å². The van der Waals surface area contributed by atoms with Crippen molar-refractivity contribution in [3.8, 4) is 0 Å². The van der Waals surface area contributed by atoms with Gasteiger partial charge in [0.15, 0.2) is 0 Å². The predicted molar refractivity (Wildman–Crippen MR) is 47.3 cm³/mol. The Hall–Kier alpha value is -0.120. The highest BCUT2D eigenvalue weighted by Crippen LogP contribution is 2.05. The van der Waals surface area contributed by atoms with Gasteiger partial charge in [-0.25, -0.2) is 5.01 Å². The van der Waals surface area contributed by atoms with Crippen LogP contribution in [0.4, 0.5) is 0 Å². The highest BCUT2D eigenvalue weighted by molar-refractivity contribution is 4.78. The lowest BCUT2D eigenvalue weighted by Gasteiger charge is -2.34. The predicted octanol–water partition coefficient (Wildman–Crippen LogP) is 0.0506. The SMILES string of the molecule is CNN1CCN[C@@H](C(C)C)C1. The summed E-state index contributed by atoms with van der Waals surface area (Å²) >= 11 is 0. The molecular weight excluding hydrogens is 138 g/mol. The molecule has 0 bridgehead atoms. The quantitative estimate of drug-likeness (QED) is 0.593. The van der Waals surface area contributed by atoms with Crippen molar-refractivity contribution in [2.45, 2.75) is 19.9 Å². The number of hydrazine groups is 1. The number of nitrogens with one attached hydrogen (secondary N) is 2. The number of piperazine rings is 1. The summed E-state index contributed by atoms with van der Waals surface area (Å²) in [5, 5.41) is 5.77. The Morgan fingerprint density at radius 2 is 2.27 bits per heavy atom. The Kier molecular flexibility index (Phi) is 3.30. The second-order valence-corrected chi connectivity index (χ2v) is 3.47. The van der Waals surface area contributed by atoms with E-state index in [-0.39, 0.29) is 0 Å². The van der Waals surface area contributed by atoms with Gasteiger partial charge in [0.05, 0.1) is 0 Å². The molecule has 0 aromatic heterocycles. The van der Waals surface area contributed by atoms with Crippen LogP contribution in [-0.2, 0) is 0 Å². The van der Waals surface area contributed by atoms with Crippen LogP contribution in [0, 0.1) is 5.92 Å². The molecule has 1 atom stereocenters. The third-order valence-corrected chi connectivity index (χ3v) is 2.33. The van der Waals surface area contributed by atoms with Gasteiger partial charge < -0.3 is 5.32 Å². The van der Waals surface area contributed by atoms with Gasteiger partial charge in [-0.3, -0.25) is 5.43 Å². The molecule has 1 saturated heterocycles. The molecule has 11 heavy (non-hydrogen) atoms. The van der Waals surface area contributed by atoms with Gasteiger partial charge in [0.1, 0.15) is 0 Å². The number of rotatable bonds is 2. The van der Waals surface area contributed by atoms with Gasteiger partial charge in [-0.05, 0) is 13.0 Å². The summed E-state index contributed by atoms with van der Waals surface area (Å²) in [6.45, 7) is 7.85. The van der Waals surface area contributed by atoms with E-state index in [2.05, 4.69) is 29.6 Å². The normalized spacial score (nSPS) is 27.8. The fraction of sp³-hybridized carbons (Fsp3) is 1.00. The molecule has 0 radical (unpaired) electrons. The Morgan fingerprint density at radius 3 is 2.82 bits per heavy atom. The molecule has 0 aromatic carbocycles. The average Bonchev–Trinajstić information content (AvgIpc) is 2.05. The van der Waals surface area contributed by atoms with E-state index in [4.69, 9.17) is 0 Å². The molecule has 0 amide bonds. The average molecular weight is 157 g/mol. The van der Waals surface area contributed by atoms with Crippen LogP contribution in [0.1, 0.15) is 13.8 Å². The zero-order valence-corrected chi connectivity index (χ0v) is 7.72. The number of nitrogens with zero attached hydrogens (tertiary/aromatic N) is 1. The molecule has 1 rings (SSSR count). The van der Waals surface area contributed by atoms with Gasteiger partial charge >= 0.3 is 0 Å². The van der Waals surface area contributed by atoms with E-state index >= 15 is 0 Å². The van der Waals surface area contributed by atoms with Gasteiger partial charge in [0.25, 0.3) is 0 Å². The Bertz CT molecular complexity index is 114. The summed E-state index contributed by atoms with van der Waals surface area (Å²) in [6, 6.07) is 0.649. The first kappa shape index (κ1) is 8.97. The summed E-state index contributed by atoms with van der Waals surface area (Å²) in [6.07, 6.45) is 0. The van der Waals surface area contributed by atoms with E-state index in [0.29, 0.717) is 6.04 Å². The highest BCUT2D eigenvalue weighted by Gasteiger charge is 2.20. The molecule has 0 spiro atoms. The zero-order valence-electron chi connectivity index (χ0n) is 7.72. The Balaban J connectivity index is 2.33. The first-order valence-electron chi connectivity index (χ1n) is 4.39.